The molecular weight excluding hydrogens is 237 g/mol. The predicted molar refractivity (Wildman–Crippen MR) is 62.3 cm³/mol. The first-order valence-electron chi connectivity index (χ1n) is 5.85. The molecule has 0 radical (unpaired) electrons. The number of hydrogen-bond donors (Lipinski definition) is 2. The first kappa shape index (κ1) is 12.5. The van der Waals surface area contributed by atoms with Crippen LogP contribution in [0.5, 0.6) is 0 Å². The molecule has 0 bridgehead atoms. The van der Waals surface area contributed by atoms with Crippen molar-refractivity contribution >= 4 is 11.8 Å². The molecule has 2 rings (SSSR count). The van der Waals surface area contributed by atoms with Crippen LogP contribution in [-0.2, 0) is 4.79 Å². The van der Waals surface area contributed by atoms with E-state index >= 15 is 0 Å². The Kier molecular flexibility index (Phi) is 3.86. The highest BCUT2D eigenvalue weighted by Gasteiger charge is 2.28. The Morgan fingerprint density at radius 3 is 2.67 bits per heavy atom. The fourth-order valence-electron chi connectivity index (χ4n) is 1.48. The minimum Gasteiger partial charge on any atom is -0.354 e. The summed E-state index contributed by atoms with van der Waals surface area (Å²) in [6.45, 7) is 0.672. The lowest BCUT2D eigenvalue weighted by atomic mass is 10.3. The van der Waals surface area contributed by atoms with Crippen LogP contribution in [0.4, 0.5) is 4.39 Å². The van der Waals surface area contributed by atoms with E-state index in [4.69, 9.17) is 0 Å². The van der Waals surface area contributed by atoms with Gasteiger partial charge in [0.1, 0.15) is 5.69 Å². The summed E-state index contributed by atoms with van der Waals surface area (Å²) in [6.07, 6.45) is 1.90. The van der Waals surface area contributed by atoms with Crippen molar-refractivity contribution in [1.82, 2.24) is 15.6 Å². The second-order valence-electron chi connectivity index (χ2n) is 4.17. The third-order valence-corrected chi connectivity index (χ3v) is 2.61. The summed E-state index contributed by atoms with van der Waals surface area (Å²) in [6, 6.07) is 4.03. The van der Waals surface area contributed by atoms with Crippen LogP contribution in [0, 0.1) is 11.9 Å². The number of nitrogens with one attached hydrogen (secondary N) is 2. The molecule has 6 heteroatoms. The fraction of sp³-hybridized carbons (Fsp3) is 0.417. The molecular formula is C12H14FN3O2. The lowest BCUT2D eigenvalue weighted by molar-refractivity contribution is -0.122. The van der Waals surface area contributed by atoms with Gasteiger partial charge >= 0.3 is 0 Å². The monoisotopic (exact) mass is 251 g/mol. The van der Waals surface area contributed by atoms with Crippen LogP contribution in [0.2, 0.25) is 0 Å². The van der Waals surface area contributed by atoms with Crippen molar-refractivity contribution in [1.29, 1.82) is 0 Å². The van der Waals surface area contributed by atoms with E-state index in [0.29, 0.717) is 13.1 Å². The van der Waals surface area contributed by atoms with Crippen molar-refractivity contribution < 1.29 is 14.0 Å². The number of carbonyl (C=O) groups is 2. The Morgan fingerprint density at radius 1 is 1.28 bits per heavy atom. The van der Waals surface area contributed by atoms with Gasteiger partial charge in [0.05, 0.1) is 0 Å². The molecule has 1 saturated carbocycles. The maximum atomic E-state index is 12.8. The van der Waals surface area contributed by atoms with Crippen LogP contribution in [0.25, 0.3) is 0 Å². The zero-order valence-corrected chi connectivity index (χ0v) is 9.78. The zero-order chi connectivity index (χ0) is 13.0. The molecule has 0 aliphatic heterocycles. The van der Waals surface area contributed by atoms with E-state index < -0.39 is 11.9 Å². The van der Waals surface area contributed by atoms with Crippen molar-refractivity contribution in [3.05, 3.63) is 29.8 Å². The van der Waals surface area contributed by atoms with E-state index in [1.165, 1.54) is 18.2 Å². The van der Waals surface area contributed by atoms with Crippen LogP contribution >= 0.6 is 0 Å². The molecule has 1 heterocycles. The average molecular weight is 251 g/mol. The topological polar surface area (TPSA) is 71.1 Å². The molecule has 1 aromatic heterocycles. The molecule has 0 saturated heterocycles. The van der Waals surface area contributed by atoms with Crippen LogP contribution in [0.3, 0.4) is 0 Å². The van der Waals surface area contributed by atoms with E-state index in [9.17, 15) is 14.0 Å². The number of nitrogens with zero attached hydrogens (tertiary/aromatic N) is 1. The van der Waals surface area contributed by atoms with Crippen LogP contribution < -0.4 is 10.6 Å². The van der Waals surface area contributed by atoms with E-state index in [1.807, 2.05) is 0 Å². The highest BCUT2D eigenvalue weighted by Crippen LogP contribution is 2.28. The van der Waals surface area contributed by atoms with Crippen LogP contribution in [-0.4, -0.2) is 29.9 Å². The van der Waals surface area contributed by atoms with Gasteiger partial charge in [-0.25, -0.2) is 4.98 Å². The molecule has 2 N–H and O–H groups in total. The van der Waals surface area contributed by atoms with Gasteiger partial charge in [0.25, 0.3) is 5.91 Å². The van der Waals surface area contributed by atoms with E-state index in [-0.39, 0.29) is 17.5 Å². The first-order valence-corrected chi connectivity index (χ1v) is 5.85. The SMILES string of the molecule is O=C(NCCNC(=O)C1CC1)c1cccc(F)n1. The van der Waals surface area contributed by atoms with Crippen LogP contribution in [0.1, 0.15) is 23.3 Å². The van der Waals surface area contributed by atoms with Gasteiger partial charge in [0.2, 0.25) is 11.9 Å². The Morgan fingerprint density at radius 2 is 2.00 bits per heavy atom. The maximum absolute atomic E-state index is 12.8. The molecule has 1 fully saturated rings. The highest BCUT2D eigenvalue weighted by molar-refractivity contribution is 5.92. The van der Waals surface area contributed by atoms with Crippen molar-refractivity contribution in [2.75, 3.05) is 13.1 Å². The molecule has 5 nitrogen and oxygen atoms in total. The summed E-state index contributed by atoms with van der Waals surface area (Å²) in [4.78, 5) is 26.3. The molecule has 0 spiro atoms. The normalized spacial score (nSPS) is 14.1. The van der Waals surface area contributed by atoms with Gasteiger partial charge < -0.3 is 10.6 Å². The Bertz CT molecular complexity index is 460. The lowest BCUT2D eigenvalue weighted by Gasteiger charge is -2.06. The third kappa shape index (κ3) is 3.51. The Balaban J connectivity index is 1.69. The number of halogens is 1. The molecule has 18 heavy (non-hydrogen) atoms. The Labute approximate surface area is 104 Å². The van der Waals surface area contributed by atoms with E-state index in [0.717, 1.165) is 12.8 Å². The predicted octanol–water partition coefficient (Wildman–Crippen LogP) is 0.477. The van der Waals surface area contributed by atoms with Crippen molar-refractivity contribution in [3.63, 3.8) is 0 Å². The number of aromatic nitrogens is 1. The first-order chi connectivity index (χ1) is 8.66. The number of hydrogen-bond acceptors (Lipinski definition) is 3. The lowest BCUT2D eigenvalue weighted by Crippen LogP contribution is -2.35. The van der Waals surface area contributed by atoms with Gasteiger partial charge in [-0.2, -0.15) is 4.39 Å². The second kappa shape index (κ2) is 5.57. The summed E-state index contributed by atoms with van der Waals surface area (Å²) in [5.41, 5.74) is 0.0310. The minimum atomic E-state index is -0.690. The van der Waals surface area contributed by atoms with Crippen molar-refractivity contribution in [3.8, 4) is 0 Å². The van der Waals surface area contributed by atoms with Gasteiger partial charge in [0, 0.05) is 19.0 Å². The van der Waals surface area contributed by atoms with Crippen molar-refractivity contribution in [2.45, 2.75) is 12.8 Å². The second-order valence-corrected chi connectivity index (χ2v) is 4.17. The summed E-state index contributed by atoms with van der Waals surface area (Å²) in [5.74, 6) is -0.946. The van der Waals surface area contributed by atoms with E-state index in [2.05, 4.69) is 15.6 Å². The van der Waals surface area contributed by atoms with Crippen LogP contribution in [0.15, 0.2) is 18.2 Å². The molecule has 0 atom stereocenters. The minimum absolute atomic E-state index is 0.0310. The largest absolute Gasteiger partial charge is 0.354 e. The maximum Gasteiger partial charge on any atom is 0.270 e. The van der Waals surface area contributed by atoms with Crippen molar-refractivity contribution in [2.24, 2.45) is 5.92 Å². The summed E-state index contributed by atoms with van der Waals surface area (Å²) in [7, 11) is 0. The smallest absolute Gasteiger partial charge is 0.270 e. The highest BCUT2D eigenvalue weighted by atomic mass is 19.1. The number of pyridine rings is 1. The van der Waals surface area contributed by atoms with E-state index in [1.54, 1.807) is 0 Å². The van der Waals surface area contributed by atoms with Gasteiger partial charge in [-0.15, -0.1) is 0 Å². The number of rotatable bonds is 5. The molecule has 1 aliphatic carbocycles. The number of carbonyl (C=O) groups excluding carboxylic acids is 2. The van der Waals surface area contributed by atoms with Gasteiger partial charge in [-0.05, 0) is 25.0 Å². The standard InChI is InChI=1S/C12H14FN3O2/c13-10-3-1-2-9(16-10)12(18)15-7-6-14-11(17)8-4-5-8/h1-3,8H,4-7H2,(H,14,17)(H,15,18). The quantitative estimate of drug-likeness (QED) is 0.590. The van der Waals surface area contributed by atoms with Gasteiger partial charge in [-0.3, -0.25) is 9.59 Å². The third-order valence-electron chi connectivity index (χ3n) is 2.61. The molecule has 1 aromatic rings. The molecule has 0 unspecified atom stereocenters. The summed E-state index contributed by atoms with van der Waals surface area (Å²) < 4.78 is 12.8. The van der Waals surface area contributed by atoms with Gasteiger partial charge in [0.15, 0.2) is 0 Å². The zero-order valence-electron chi connectivity index (χ0n) is 9.78. The summed E-state index contributed by atoms with van der Waals surface area (Å²) >= 11 is 0. The Hall–Kier alpha value is -1.98. The number of amides is 2. The van der Waals surface area contributed by atoms with Gasteiger partial charge in [-0.1, -0.05) is 6.07 Å². The summed E-state index contributed by atoms with van der Waals surface area (Å²) in [5, 5.41) is 5.27. The molecule has 96 valence electrons. The molecule has 2 amide bonds. The average Bonchev–Trinajstić information content (AvgIpc) is 3.18. The fourth-order valence-corrected chi connectivity index (χ4v) is 1.48. The molecule has 0 aromatic carbocycles. The molecule has 1 aliphatic rings.